The van der Waals surface area contributed by atoms with Crippen LogP contribution >= 0.6 is 11.8 Å². The highest BCUT2D eigenvalue weighted by molar-refractivity contribution is 8.26. The monoisotopic (exact) mass is 501 g/mol. The first-order valence-electron chi connectivity index (χ1n) is 11.9. The minimum Gasteiger partial charge on any atom is -0.493 e. The van der Waals surface area contributed by atoms with Gasteiger partial charge in [-0.3, -0.25) is 10.2 Å². The topological polar surface area (TPSA) is 92.3 Å². The van der Waals surface area contributed by atoms with Gasteiger partial charge in [-0.25, -0.2) is 0 Å². The number of nitrogens with zero attached hydrogens (tertiary/aromatic N) is 4. The number of hydrazone groups is 1. The SMILES string of the molecule is CCCCC1=NN2C(=N)/C(=C\c3cn(CCOc4ccccc4OC)c4ccccc34)C(=O)N=C2S1. The Morgan fingerprint density at radius 2 is 1.89 bits per heavy atom. The van der Waals surface area contributed by atoms with Crippen LogP contribution in [0.2, 0.25) is 0 Å². The van der Waals surface area contributed by atoms with E-state index in [1.54, 1.807) is 13.2 Å². The Balaban J connectivity index is 1.40. The van der Waals surface area contributed by atoms with Crippen molar-refractivity contribution in [3.05, 3.63) is 65.9 Å². The van der Waals surface area contributed by atoms with E-state index in [1.807, 2.05) is 54.7 Å². The van der Waals surface area contributed by atoms with Crippen molar-refractivity contribution in [3.63, 3.8) is 0 Å². The number of hydrogen-bond acceptors (Lipinski definition) is 6. The van der Waals surface area contributed by atoms with Crippen LogP contribution in [0, 0.1) is 5.41 Å². The molecule has 1 amide bonds. The number of unbranched alkanes of at least 4 members (excludes halogenated alkanes) is 1. The van der Waals surface area contributed by atoms with Gasteiger partial charge in [0, 0.05) is 22.7 Å². The molecular formula is C27H27N5O3S. The Morgan fingerprint density at radius 3 is 2.69 bits per heavy atom. The maximum Gasteiger partial charge on any atom is 0.283 e. The summed E-state index contributed by atoms with van der Waals surface area (Å²) in [4.78, 5) is 17.1. The molecule has 1 aromatic heterocycles. The zero-order valence-corrected chi connectivity index (χ0v) is 21.0. The summed E-state index contributed by atoms with van der Waals surface area (Å²) in [5, 5.41) is 17.0. The normalized spacial score (nSPS) is 16.4. The first-order valence-corrected chi connectivity index (χ1v) is 12.7. The number of para-hydroxylation sites is 3. The molecule has 0 unspecified atom stereocenters. The third-order valence-corrected chi connectivity index (χ3v) is 6.99. The number of rotatable bonds is 9. The highest BCUT2D eigenvalue weighted by Gasteiger charge is 2.35. The summed E-state index contributed by atoms with van der Waals surface area (Å²) in [7, 11) is 1.62. The Labute approximate surface area is 213 Å². The third kappa shape index (κ3) is 4.66. The minimum atomic E-state index is -0.415. The molecule has 36 heavy (non-hydrogen) atoms. The van der Waals surface area contributed by atoms with E-state index < -0.39 is 5.91 Å². The molecule has 2 aromatic carbocycles. The number of benzene rings is 2. The Morgan fingerprint density at radius 1 is 1.11 bits per heavy atom. The van der Waals surface area contributed by atoms with E-state index in [4.69, 9.17) is 14.9 Å². The fraction of sp³-hybridized carbons (Fsp3) is 0.259. The second kappa shape index (κ2) is 10.4. The maximum atomic E-state index is 12.9. The van der Waals surface area contributed by atoms with E-state index in [2.05, 4.69) is 21.6 Å². The van der Waals surface area contributed by atoms with E-state index in [0.717, 1.165) is 40.8 Å². The molecule has 0 radical (unpaired) electrons. The largest absolute Gasteiger partial charge is 0.493 e. The summed E-state index contributed by atoms with van der Waals surface area (Å²) < 4.78 is 13.4. The van der Waals surface area contributed by atoms with Gasteiger partial charge in [-0.05, 0) is 48.9 Å². The van der Waals surface area contributed by atoms with Crippen LogP contribution in [0.5, 0.6) is 11.5 Å². The molecule has 0 atom stereocenters. The molecule has 184 valence electrons. The lowest BCUT2D eigenvalue weighted by atomic mass is 10.1. The molecule has 8 nitrogen and oxygen atoms in total. The molecule has 3 heterocycles. The predicted octanol–water partition coefficient (Wildman–Crippen LogP) is 5.54. The molecule has 2 aliphatic heterocycles. The van der Waals surface area contributed by atoms with Crippen molar-refractivity contribution in [2.24, 2.45) is 10.1 Å². The molecule has 0 spiro atoms. The summed E-state index contributed by atoms with van der Waals surface area (Å²) in [6.45, 7) is 3.17. The standard InChI is InChI=1S/C27H27N5O3S/c1-3-4-13-24-30-32-25(28)20(26(33)29-27(32)36-24)16-18-17-31(21-10-6-5-9-19(18)21)14-15-35-23-12-8-7-11-22(23)34-2/h5-12,16-17,28H,3-4,13-15H2,1-2H3/b20-16+,28-25?. The molecular weight excluding hydrogens is 474 g/mol. The van der Waals surface area contributed by atoms with Gasteiger partial charge in [-0.2, -0.15) is 15.1 Å². The zero-order chi connectivity index (χ0) is 25.1. The average Bonchev–Trinajstić information content (AvgIpc) is 3.47. The lowest BCUT2D eigenvalue weighted by Gasteiger charge is -2.20. The van der Waals surface area contributed by atoms with Crippen LogP contribution in [0.1, 0.15) is 31.7 Å². The van der Waals surface area contributed by atoms with Crippen LogP contribution < -0.4 is 9.47 Å². The van der Waals surface area contributed by atoms with Crippen molar-refractivity contribution in [3.8, 4) is 11.5 Å². The van der Waals surface area contributed by atoms with Gasteiger partial charge in [-0.15, -0.1) is 0 Å². The van der Waals surface area contributed by atoms with Crippen molar-refractivity contribution in [2.75, 3.05) is 13.7 Å². The van der Waals surface area contributed by atoms with Gasteiger partial charge in [0.1, 0.15) is 11.7 Å². The molecule has 0 bridgehead atoms. The molecule has 9 heteroatoms. The lowest BCUT2D eigenvalue weighted by molar-refractivity contribution is -0.114. The zero-order valence-electron chi connectivity index (χ0n) is 20.2. The number of fused-ring (bicyclic) bond motifs is 2. The van der Waals surface area contributed by atoms with Crippen LogP contribution in [0.3, 0.4) is 0 Å². The van der Waals surface area contributed by atoms with Gasteiger partial charge < -0.3 is 14.0 Å². The number of amidine groups is 2. The quantitative estimate of drug-likeness (QED) is 0.389. The second-order valence-electron chi connectivity index (χ2n) is 8.41. The summed E-state index contributed by atoms with van der Waals surface area (Å²) >= 11 is 1.38. The molecule has 0 saturated heterocycles. The number of carbonyl (C=O) groups is 1. The average molecular weight is 502 g/mol. The number of aliphatic imine (C=N–C) groups is 1. The summed E-state index contributed by atoms with van der Waals surface area (Å²) in [6, 6.07) is 15.5. The Hall–Kier alpha value is -3.85. The highest BCUT2D eigenvalue weighted by Crippen LogP contribution is 2.31. The molecule has 0 fully saturated rings. The highest BCUT2D eigenvalue weighted by atomic mass is 32.2. The lowest BCUT2D eigenvalue weighted by Crippen LogP contribution is -2.35. The van der Waals surface area contributed by atoms with Gasteiger partial charge >= 0.3 is 0 Å². The van der Waals surface area contributed by atoms with Crippen molar-refractivity contribution < 1.29 is 14.3 Å². The molecule has 3 aromatic rings. The number of amides is 1. The van der Waals surface area contributed by atoms with Gasteiger partial charge in [-0.1, -0.05) is 43.7 Å². The van der Waals surface area contributed by atoms with E-state index in [0.29, 0.717) is 29.8 Å². The number of thioether (sulfide) groups is 1. The van der Waals surface area contributed by atoms with Crippen LogP contribution in [0.15, 0.2) is 70.4 Å². The first kappa shape index (κ1) is 23.9. The van der Waals surface area contributed by atoms with Gasteiger partial charge in [0.05, 0.1) is 19.2 Å². The molecule has 2 aliphatic rings. The predicted molar refractivity (Wildman–Crippen MR) is 145 cm³/mol. The van der Waals surface area contributed by atoms with Crippen LogP contribution in [-0.4, -0.2) is 45.2 Å². The third-order valence-electron chi connectivity index (χ3n) is 6.02. The molecule has 5 rings (SSSR count). The summed E-state index contributed by atoms with van der Waals surface area (Å²) in [5.74, 6) is 1.02. The number of nitrogens with one attached hydrogen (secondary N) is 1. The van der Waals surface area contributed by atoms with Crippen molar-refractivity contribution in [1.29, 1.82) is 5.41 Å². The molecule has 0 aliphatic carbocycles. The number of aromatic nitrogens is 1. The van der Waals surface area contributed by atoms with Gasteiger partial charge in [0.15, 0.2) is 17.3 Å². The van der Waals surface area contributed by atoms with Crippen molar-refractivity contribution in [2.45, 2.75) is 32.7 Å². The van der Waals surface area contributed by atoms with Gasteiger partial charge in [0.2, 0.25) is 5.17 Å². The summed E-state index contributed by atoms with van der Waals surface area (Å²) in [5.41, 5.74) is 2.09. The fourth-order valence-corrected chi connectivity index (χ4v) is 5.11. The molecule has 1 N–H and O–H groups in total. The van der Waals surface area contributed by atoms with Crippen LogP contribution in [0.4, 0.5) is 0 Å². The summed E-state index contributed by atoms with van der Waals surface area (Å²) in [6.07, 6.45) is 6.62. The van der Waals surface area contributed by atoms with E-state index in [9.17, 15) is 4.79 Å². The number of methoxy groups -OCH3 is 1. The Bertz CT molecular complexity index is 1420. The molecule has 0 saturated carbocycles. The first-order chi connectivity index (χ1) is 17.6. The van der Waals surface area contributed by atoms with Crippen LogP contribution in [-0.2, 0) is 11.3 Å². The number of ether oxygens (including phenoxy) is 2. The number of carbonyl (C=O) groups excluding carboxylic acids is 1. The maximum absolute atomic E-state index is 12.9. The van der Waals surface area contributed by atoms with Gasteiger partial charge in [0.25, 0.3) is 5.91 Å². The number of hydrogen-bond donors (Lipinski definition) is 1. The second-order valence-corrected chi connectivity index (χ2v) is 9.45. The van der Waals surface area contributed by atoms with E-state index in [1.165, 1.54) is 16.8 Å². The minimum absolute atomic E-state index is 0.0559. The van der Waals surface area contributed by atoms with Crippen molar-refractivity contribution in [1.82, 2.24) is 9.58 Å². The van der Waals surface area contributed by atoms with E-state index >= 15 is 0 Å². The van der Waals surface area contributed by atoms with Crippen LogP contribution in [0.25, 0.3) is 17.0 Å². The van der Waals surface area contributed by atoms with E-state index in [-0.39, 0.29) is 11.4 Å². The smallest absolute Gasteiger partial charge is 0.283 e. The van der Waals surface area contributed by atoms with Crippen molar-refractivity contribution >= 4 is 50.7 Å². The Kier molecular flexibility index (Phi) is 6.90. The fourth-order valence-electron chi connectivity index (χ4n) is 4.18.